The molecule has 0 aromatic rings. The van der Waals surface area contributed by atoms with Gasteiger partial charge in [0.25, 0.3) is 0 Å². The molecule has 2 unspecified atom stereocenters. The summed E-state index contributed by atoms with van der Waals surface area (Å²) in [4.78, 5) is 37.1. The summed E-state index contributed by atoms with van der Waals surface area (Å²) in [6.45, 7) is 4.43. The summed E-state index contributed by atoms with van der Waals surface area (Å²) in [5.41, 5.74) is 0. The summed E-state index contributed by atoms with van der Waals surface area (Å²) < 4.78 is 17.2. The van der Waals surface area contributed by atoms with Crippen LogP contribution in [-0.4, -0.2) is 80.6 Å². The highest BCUT2D eigenvalue weighted by molar-refractivity contribution is 5.72. The zero-order valence-electron chi connectivity index (χ0n) is 40.4. The van der Waals surface area contributed by atoms with Gasteiger partial charge in [-0.3, -0.25) is 9.59 Å². The average Bonchev–Trinajstić information content (AvgIpc) is 3.26. The second-order valence-electron chi connectivity index (χ2n) is 16.5. The fourth-order valence-corrected chi connectivity index (χ4v) is 5.97. The van der Waals surface area contributed by atoms with E-state index in [1.165, 1.54) is 25.7 Å². The minimum atomic E-state index is -0.897. The maximum atomic E-state index is 12.8. The lowest BCUT2D eigenvalue weighted by Gasteiger charge is -2.31. The van der Waals surface area contributed by atoms with E-state index in [0.29, 0.717) is 19.3 Å². The molecule has 0 saturated carbocycles. The van der Waals surface area contributed by atoms with Gasteiger partial charge in [-0.25, -0.2) is 4.79 Å². The van der Waals surface area contributed by atoms with Crippen molar-refractivity contribution >= 4 is 17.9 Å². The van der Waals surface area contributed by atoms with Crippen LogP contribution in [0.1, 0.15) is 136 Å². The van der Waals surface area contributed by atoms with Crippen LogP contribution in [-0.2, 0) is 28.6 Å². The molecule has 0 aliphatic carbocycles. The fourth-order valence-electron chi connectivity index (χ4n) is 5.97. The Hall–Kier alpha value is -4.79. The predicted octanol–water partition coefficient (Wildman–Crippen LogP) is 13.7. The second-order valence-corrected chi connectivity index (χ2v) is 16.5. The molecular formula is C56H86NO7+. The van der Waals surface area contributed by atoms with E-state index in [-0.39, 0.29) is 49.1 Å². The van der Waals surface area contributed by atoms with Crippen molar-refractivity contribution in [1.82, 2.24) is 0 Å². The lowest BCUT2D eigenvalue weighted by Crippen LogP contribution is -2.50. The van der Waals surface area contributed by atoms with Crippen LogP contribution in [0.3, 0.4) is 0 Å². The fraction of sp³-hybridized carbons (Fsp3) is 0.518. The normalized spacial score (nSPS) is 14.2. The molecule has 0 bridgehead atoms. The first-order valence-corrected chi connectivity index (χ1v) is 24.0. The van der Waals surface area contributed by atoms with Gasteiger partial charge >= 0.3 is 17.9 Å². The van der Waals surface area contributed by atoms with Crippen molar-refractivity contribution in [2.24, 2.45) is 0 Å². The number of carboxylic acid groups (broad SMARTS) is 1. The molecule has 2 atom stereocenters. The minimum absolute atomic E-state index is 0.0164. The number of allylic oxidation sites excluding steroid dienone is 24. The lowest BCUT2D eigenvalue weighted by atomic mass is 10.1. The first kappa shape index (κ1) is 59.2. The first-order chi connectivity index (χ1) is 31.1. The number of hydrogen-bond acceptors (Lipinski definition) is 6. The number of esters is 2. The Balaban J connectivity index is 4.53. The van der Waals surface area contributed by atoms with E-state index < -0.39 is 18.1 Å². The van der Waals surface area contributed by atoms with Gasteiger partial charge in [-0.05, 0) is 83.5 Å². The molecule has 1 N–H and O–H groups in total. The van der Waals surface area contributed by atoms with E-state index in [1.807, 2.05) is 94.1 Å². The van der Waals surface area contributed by atoms with Crippen LogP contribution < -0.4 is 0 Å². The van der Waals surface area contributed by atoms with Gasteiger partial charge in [-0.1, -0.05) is 179 Å². The number of rotatable bonds is 40. The number of ether oxygens (including phenoxy) is 3. The van der Waals surface area contributed by atoms with Gasteiger partial charge in [0.05, 0.1) is 34.4 Å². The predicted molar refractivity (Wildman–Crippen MR) is 270 cm³/mol. The van der Waals surface area contributed by atoms with Crippen LogP contribution in [0.2, 0.25) is 0 Å². The molecule has 64 heavy (non-hydrogen) atoms. The number of carbonyl (C=O) groups excluding carboxylic acids is 2. The van der Waals surface area contributed by atoms with E-state index in [2.05, 4.69) is 86.8 Å². The van der Waals surface area contributed by atoms with E-state index >= 15 is 0 Å². The number of aliphatic carboxylic acids is 1. The highest BCUT2D eigenvalue weighted by Crippen LogP contribution is 2.11. The molecule has 0 amide bonds. The smallest absolute Gasteiger partial charge is 0.362 e. The standard InChI is InChI=1S/C56H85NO7/c1-6-8-10-12-14-16-18-20-22-24-26-27-29-31-33-35-37-39-41-43-45-47-55(59)64-52(50-62-49-48-53(56(60)61)57(3,4)5)51-63-54(58)46-44-42-40-38-36-34-32-30-28-25-23-21-19-17-15-13-11-9-7-2/h9,11,13-17,19-23,25-28,30-34,36-37,39,52-53H,6-8,10,12,18,24,29,35,38,40-51H2,1-5H3/p+1/b11-9+,15-13+,16-14+,19-17+,22-20+,23-21+,27-26+,28-25+,32-30+,33-31+,36-34+,39-37+. The third-order valence-electron chi connectivity index (χ3n) is 9.67. The molecular weight excluding hydrogens is 799 g/mol. The van der Waals surface area contributed by atoms with Crippen molar-refractivity contribution in [1.29, 1.82) is 0 Å². The van der Waals surface area contributed by atoms with Crippen LogP contribution in [0, 0.1) is 0 Å². The third kappa shape index (κ3) is 42.5. The van der Waals surface area contributed by atoms with Gasteiger partial charge in [0.15, 0.2) is 12.1 Å². The van der Waals surface area contributed by atoms with Gasteiger partial charge in [0, 0.05) is 19.3 Å². The number of likely N-dealkylation sites (N-methyl/N-ethyl adjacent to an activating group) is 1. The topological polar surface area (TPSA) is 99.1 Å². The van der Waals surface area contributed by atoms with Crippen molar-refractivity contribution in [2.75, 3.05) is 41.0 Å². The van der Waals surface area contributed by atoms with Gasteiger partial charge in [-0.15, -0.1) is 0 Å². The van der Waals surface area contributed by atoms with Crippen molar-refractivity contribution < 1.29 is 38.2 Å². The molecule has 0 heterocycles. The molecule has 0 fully saturated rings. The molecule has 0 radical (unpaired) electrons. The number of quaternary nitrogens is 1. The van der Waals surface area contributed by atoms with Gasteiger partial charge in [0.1, 0.15) is 6.61 Å². The number of carbonyl (C=O) groups is 3. The zero-order valence-corrected chi connectivity index (χ0v) is 40.4. The van der Waals surface area contributed by atoms with Crippen LogP contribution in [0.15, 0.2) is 146 Å². The summed E-state index contributed by atoms with van der Waals surface area (Å²) in [7, 11) is 5.48. The number of hydrogen-bond donors (Lipinski definition) is 1. The van der Waals surface area contributed by atoms with E-state index in [9.17, 15) is 19.5 Å². The Kier molecular flexibility index (Phi) is 41.5. The summed E-state index contributed by atoms with van der Waals surface area (Å²) in [5.74, 6) is -1.61. The summed E-state index contributed by atoms with van der Waals surface area (Å²) in [6, 6.07) is -0.641. The molecule has 8 nitrogen and oxygen atoms in total. The minimum Gasteiger partial charge on any atom is -0.477 e. The van der Waals surface area contributed by atoms with Gasteiger partial charge in [-0.2, -0.15) is 0 Å². The Labute approximate surface area is 389 Å². The van der Waals surface area contributed by atoms with E-state index in [4.69, 9.17) is 14.2 Å². The quantitative estimate of drug-likeness (QED) is 0.0215. The molecule has 0 aromatic carbocycles. The molecule has 0 aliphatic heterocycles. The molecule has 356 valence electrons. The molecule has 0 rings (SSSR count). The van der Waals surface area contributed by atoms with Crippen molar-refractivity contribution in [3.63, 3.8) is 0 Å². The summed E-state index contributed by atoms with van der Waals surface area (Å²) in [5, 5.41) is 9.64. The van der Waals surface area contributed by atoms with E-state index in [1.54, 1.807) is 0 Å². The van der Waals surface area contributed by atoms with Crippen LogP contribution in [0.25, 0.3) is 0 Å². The lowest BCUT2D eigenvalue weighted by molar-refractivity contribution is -0.887. The Bertz CT molecular complexity index is 1540. The maximum Gasteiger partial charge on any atom is 0.362 e. The molecule has 0 spiro atoms. The number of carboxylic acids is 1. The summed E-state index contributed by atoms with van der Waals surface area (Å²) >= 11 is 0. The summed E-state index contributed by atoms with van der Waals surface area (Å²) in [6.07, 6.45) is 66.1. The number of unbranched alkanes of at least 4 members (excludes halogenated alkanes) is 8. The maximum absolute atomic E-state index is 12.8. The highest BCUT2D eigenvalue weighted by atomic mass is 16.6. The number of nitrogens with zero attached hydrogens (tertiary/aromatic N) is 1. The van der Waals surface area contributed by atoms with Gasteiger partial charge in [0.2, 0.25) is 0 Å². The molecule has 0 aliphatic rings. The van der Waals surface area contributed by atoms with Crippen LogP contribution in [0.5, 0.6) is 0 Å². The largest absolute Gasteiger partial charge is 0.477 e. The zero-order chi connectivity index (χ0) is 47.0. The van der Waals surface area contributed by atoms with Crippen LogP contribution >= 0.6 is 0 Å². The van der Waals surface area contributed by atoms with Gasteiger partial charge < -0.3 is 23.8 Å². The SMILES string of the molecule is CC/C=C/C=C/C=C/C=C/C=C/C=C/C=C/CCCCCC(=O)OCC(COCCC(C(=O)O)[N+](C)(C)C)OC(=O)CCCC/C=C/C/C=C/C/C=C/C/C=C/C/C=C/CCCCC. The monoisotopic (exact) mass is 885 g/mol. The second kappa shape index (κ2) is 44.8. The third-order valence-corrected chi connectivity index (χ3v) is 9.67. The molecule has 0 aromatic heterocycles. The van der Waals surface area contributed by atoms with Crippen LogP contribution in [0.4, 0.5) is 0 Å². The molecule has 0 saturated heterocycles. The van der Waals surface area contributed by atoms with E-state index in [0.717, 1.165) is 64.2 Å². The Morgan fingerprint density at radius 1 is 0.500 bits per heavy atom. The Morgan fingerprint density at radius 3 is 1.44 bits per heavy atom. The van der Waals surface area contributed by atoms with Crippen molar-refractivity contribution in [3.8, 4) is 0 Å². The van der Waals surface area contributed by atoms with Crippen molar-refractivity contribution in [3.05, 3.63) is 146 Å². The highest BCUT2D eigenvalue weighted by Gasteiger charge is 2.31. The Morgan fingerprint density at radius 2 is 0.938 bits per heavy atom. The average molecular weight is 885 g/mol. The van der Waals surface area contributed by atoms with Crippen molar-refractivity contribution in [2.45, 2.75) is 148 Å². The molecule has 8 heteroatoms. The first-order valence-electron chi connectivity index (χ1n) is 24.0.